The predicted octanol–water partition coefficient (Wildman–Crippen LogP) is 4.64. The van der Waals surface area contributed by atoms with Crippen LogP contribution in [-0.2, 0) is 0 Å². The number of aromatic amines is 2. The summed E-state index contributed by atoms with van der Waals surface area (Å²) in [7, 11) is 0. The number of alkyl halides is 1. The third kappa shape index (κ3) is 3.06. The Labute approximate surface area is 123 Å². The SMILES string of the molecule is CCCCCC(Br)c1cc2[nH]c(=O)[nH]c2cc1Br. The van der Waals surface area contributed by atoms with Gasteiger partial charge < -0.3 is 9.97 Å². The van der Waals surface area contributed by atoms with Crippen molar-refractivity contribution in [2.75, 3.05) is 0 Å². The van der Waals surface area contributed by atoms with Gasteiger partial charge in [0, 0.05) is 9.30 Å². The predicted molar refractivity (Wildman–Crippen MR) is 82.4 cm³/mol. The van der Waals surface area contributed by atoms with Crippen molar-refractivity contribution in [1.29, 1.82) is 0 Å². The number of unbranched alkanes of at least 4 members (excludes halogenated alkanes) is 2. The van der Waals surface area contributed by atoms with E-state index in [1.165, 1.54) is 24.8 Å². The van der Waals surface area contributed by atoms with E-state index < -0.39 is 0 Å². The fourth-order valence-corrected chi connectivity index (χ4v) is 3.67. The van der Waals surface area contributed by atoms with Crippen LogP contribution in [0.4, 0.5) is 0 Å². The van der Waals surface area contributed by atoms with E-state index in [0.717, 1.165) is 21.9 Å². The van der Waals surface area contributed by atoms with E-state index in [1.54, 1.807) is 0 Å². The summed E-state index contributed by atoms with van der Waals surface area (Å²) in [6.07, 6.45) is 4.79. The Bertz CT molecular complexity index is 588. The highest BCUT2D eigenvalue weighted by Gasteiger charge is 2.13. The first-order valence-corrected chi connectivity index (χ1v) is 7.88. The summed E-state index contributed by atoms with van der Waals surface area (Å²) in [6, 6.07) is 3.99. The summed E-state index contributed by atoms with van der Waals surface area (Å²) in [6.45, 7) is 2.20. The van der Waals surface area contributed by atoms with Crippen LogP contribution in [0.15, 0.2) is 21.4 Å². The van der Waals surface area contributed by atoms with Crippen molar-refractivity contribution in [2.24, 2.45) is 0 Å². The quantitative estimate of drug-likeness (QED) is 0.580. The van der Waals surface area contributed by atoms with E-state index in [1.807, 2.05) is 12.1 Å². The summed E-state index contributed by atoms with van der Waals surface area (Å²) < 4.78 is 1.03. The minimum Gasteiger partial charge on any atom is -0.306 e. The Balaban J connectivity index is 2.26. The van der Waals surface area contributed by atoms with E-state index in [0.29, 0.717) is 4.83 Å². The lowest BCUT2D eigenvalue weighted by Crippen LogP contribution is -1.99. The van der Waals surface area contributed by atoms with Gasteiger partial charge in [-0.05, 0) is 24.1 Å². The Morgan fingerprint density at radius 2 is 1.89 bits per heavy atom. The topological polar surface area (TPSA) is 48.6 Å². The zero-order valence-electron chi connectivity index (χ0n) is 10.2. The van der Waals surface area contributed by atoms with Crippen LogP contribution in [0.3, 0.4) is 0 Å². The van der Waals surface area contributed by atoms with Gasteiger partial charge >= 0.3 is 5.69 Å². The molecule has 2 N–H and O–H groups in total. The fraction of sp³-hybridized carbons (Fsp3) is 0.462. The highest BCUT2D eigenvalue weighted by Crippen LogP contribution is 2.35. The molecule has 1 aromatic heterocycles. The molecule has 0 aliphatic heterocycles. The average molecular weight is 376 g/mol. The number of benzene rings is 1. The van der Waals surface area contributed by atoms with Gasteiger partial charge in [-0.3, -0.25) is 0 Å². The molecule has 0 bridgehead atoms. The number of hydrogen-bond donors (Lipinski definition) is 2. The van der Waals surface area contributed by atoms with Crippen molar-refractivity contribution in [1.82, 2.24) is 9.97 Å². The maximum Gasteiger partial charge on any atom is 0.323 e. The molecule has 0 saturated carbocycles. The van der Waals surface area contributed by atoms with Gasteiger partial charge in [-0.2, -0.15) is 0 Å². The molecule has 5 heteroatoms. The second-order valence-corrected chi connectivity index (χ2v) is 6.42. The molecule has 0 fully saturated rings. The molecule has 3 nitrogen and oxygen atoms in total. The largest absolute Gasteiger partial charge is 0.323 e. The summed E-state index contributed by atoms with van der Waals surface area (Å²) in [5, 5.41) is 0. The number of fused-ring (bicyclic) bond motifs is 1. The lowest BCUT2D eigenvalue weighted by Gasteiger charge is -2.12. The number of hydrogen-bond acceptors (Lipinski definition) is 1. The molecule has 1 unspecified atom stereocenters. The number of rotatable bonds is 5. The highest BCUT2D eigenvalue weighted by atomic mass is 79.9. The average Bonchev–Trinajstić information content (AvgIpc) is 2.67. The molecule has 98 valence electrons. The van der Waals surface area contributed by atoms with Gasteiger partial charge in [0.25, 0.3) is 0 Å². The first-order valence-electron chi connectivity index (χ1n) is 6.17. The molecule has 1 atom stereocenters. The van der Waals surface area contributed by atoms with Gasteiger partial charge in [-0.1, -0.05) is 58.0 Å². The molecule has 0 aliphatic carbocycles. The minimum absolute atomic E-state index is 0.161. The molecule has 2 rings (SSSR count). The van der Waals surface area contributed by atoms with Crippen LogP contribution in [0.5, 0.6) is 0 Å². The molecule has 0 radical (unpaired) electrons. The summed E-state index contributed by atoms with van der Waals surface area (Å²) >= 11 is 7.30. The van der Waals surface area contributed by atoms with Crippen molar-refractivity contribution in [3.05, 3.63) is 32.7 Å². The molecule has 0 amide bonds. The Hall–Kier alpha value is -0.550. The fourth-order valence-electron chi connectivity index (χ4n) is 2.04. The zero-order valence-corrected chi connectivity index (χ0v) is 13.4. The standard InChI is InChI=1S/C13H16Br2N2O/c1-2-3-4-5-9(14)8-6-11-12(7-10(8)15)17-13(18)16-11/h6-7,9H,2-5H2,1H3,(H2,16,17,18). The monoisotopic (exact) mass is 374 g/mol. The van der Waals surface area contributed by atoms with E-state index in [4.69, 9.17) is 0 Å². The van der Waals surface area contributed by atoms with E-state index >= 15 is 0 Å². The van der Waals surface area contributed by atoms with Crippen LogP contribution in [0.2, 0.25) is 0 Å². The summed E-state index contributed by atoms with van der Waals surface area (Å²) in [5.41, 5.74) is 2.72. The smallest absolute Gasteiger partial charge is 0.306 e. The molecule has 0 spiro atoms. The maximum atomic E-state index is 11.3. The van der Waals surface area contributed by atoms with Crippen LogP contribution in [0, 0.1) is 0 Å². The van der Waals surface area contributed by atoms with E-state index in [-0.39, 0.29) is 5.69 Å². The van der Waals surface area contributed by atoms with Crippen LogP contribution >= 0.6 is 31.9 Å². The Morgan fingerprint density at radius 1 is 1.22 bits per heavy atom. The first-order chi connectivity index (χ1) is 8.61. The third-order valence-corrected chi connectivity index (χ3v) is 4.67. The minimum atomic E-state index is -0.161. The van der Waals surface area contributed by atoms with Gasteiger partial charge in [-0.25, -0.2) is 4.79 Å². The molecule has 1 aromatic carbocycles. The van der Waals surface area contributed by atoms with Gasteiger partial charge in [0.2, 0.25) is 0 Å². The van der Waals surface area contributed by atoms with Gasteiger partial charge in [0.1, 0.15) is 0 Å². The Morgan fingerprint density at radius 3 is 2.56 bits per heavy atom. The van der Waals surface area contributed by atoms with Gasteiger partial charge in [0.05, 0.1) is 11.0 Å². The van der Waals surface area contributed by atoms with Crippen molar-refractivity contribution in [3.63, 3.8) is 0 Å². The van der Waals surface area contributed by atoms with E-state index in [9.17, 15) is 4.79 Å². The van der Waals surface area contributed by atoms with Crippen LogP contribution < -0.4 is 5.69 Å². The number of halogens is 2. The van der Waals surface area contributed by atoms with Crippen LogP contribution in [0.25, 0.3) is 11.0 Å². The third-order valence-electron chi connectivity index (χ3n) is 3.03. The number of imidazole rings is 1. The first kappa shape index (κ1) is 13.9. The second-order valence-electron chi connectivity index (χ2n) is 4.46. The second kappa shape index (κ2) is 6.06. The zero-order chi connectivity index (χ0) is 13.1. The molecule has 2 aromatic rings. The van der Waals surface area contributed by atoms with Crippen LogP contribution in [-0.4, -0.2) is 9.97 Å². The number of aromatic nitrogens is 2. The maximum absolute atomic E-state index is 11.3. The molecule has 1 heterocycles. The van der Waals surface area contributed by atoms with Crippen molar-refractivity contribution >= 4 is 42.9 Å². The van der Waals surface area contributed by atoms with Gasteiger partial charge in [-0.15, -0.1) is 0 Å². The summed E-state index contributed by atoms with van der Waals surface area (Å²) in [4.78, 5) is 17.1. The van der Waals surface area contributed by atoms with Gasteiger partial charge in [0.15, 0.2) is 0 Å². The normalized spacial score (nSPS) is 13.1. The lowest BCUT2D eigenvalue weighted by atomic mass is 10.1. The molecular formula is C13H16Br2N2O. The van der Waals surface area contributed by atoms with Crippen LogP contribution in [0.1, 0.15) is 43.0 Å². The molecule has 18 heavy (non-hydrogen) atoms. The highest BCUT2D eigenvalue weighted by molar-refractivity contribution is 9.11. The number of nitrogens with one attached hydrogen (secondary N) is 2. The van der Waals surface area contributed by atoms with Crippen molar-refractivity contribution < 1.29 is 0 Å². The van der Waals surface area contributed by atoms with E-state index in [2.05, 4.69) is 48.8 Å². The van der Waals surface area contributed by atoms with Crippen molar-refractivity contribution in [2.45, 2.75) is 37.4 Å². The molecule has 0 saturated heterocycles. The van der Waals surface area contributed by atoms with Crippen molar-refractivity contribution in [3.8, 4) is 0 Å². The molecular weight excluding hydrogens is 360 g/mol. The summed E-state index contributed by atoms with van der Waals surface area (Å²) in [5.74, 6) is 0. The Kier molecular flexibility index (Phi) is 4.67. The lowest BCUT2D eigenvalue weighted by molar-refractivity contribution is 0.663. The molecule has 0 aliphatic rings. The number of H-pyrrole nitrogens is 2.